The van der Waals surface area contributed by atoms with Gasteiger partial charge in [0.05, 0.1) is 5.92 Å². The van der Waals surface area contributed by atoms with Crippen molar-refractivity contribution in [3.8, 4) is 0 Å². The molecule has 1 heterocycles. The van der Waals surface area contributed by atoms with Crippen LogP contribution in [0.1, 0.15) is 32.6 Å². The Morgan fingerprint density at radius 3 is 2.71 bits per heavy atom. The number of rotatable bonds is 6. The largest absolute Gasteiger partial charge is 0.356 e. The third kappa shape index (κ3) is 4.30. The van der Waals surface area contributed by atoms with Crippen LogP contribution in [0.25, 0.3) is 0 Å². The Kier molecular flexibility index (Phi) is 5.79. The number of carbonyl (C=O) groups excluding carboxylic acids is 2. The second kappa shape index (κ2) is 7.59. The van der Waals surface area contributed by atoms with E-state index in [-0.39, 0.29) is 17.7 Å². The summed E-state index contributed by atoms with van der Waals surface area (Å²) < 4.78 is 0.975. The first-order valence-electron chi connectivity index (χ1n) is 7.45. The lowest BCUT2D eigenvalue weighted by molar-refractivity contribution is -0.126. The van der Waals surface area contributed by atoms with Crippen molar-refractivity contribution < 1.29 is 9.59 Å². The van der Waals surface area contributed by atoms with Crippen LogP contribution in [0.5, 0.6) is 0 Å². The van der Waals surface area contributed by atoms with Gasteiger partial charge in [-0.1, -0.05) is 35.7 Å². The number of unbranched alkanes of at least 4 members (excludes halogenated alkanes) is 2. The smallest absolute Gasteiger partial charge is 0.227 e. The molecule has 21 heavy (non-hydrogen) atoms. The topological polar surface area (TPSA) is 49.4 Å². The third-order valence-electron chi connectivity index (χ3n) is 3.71. The van der Waals surface area contributed by atoms with Crippen LogP contribution in [-0.2, 0) is 9.59 Å². The van der Waals surface area contributed by atoms with Gasteiger partial charge in [0.2, 0.25) is 11.8 Å². The summed E-state index contributed by atoms with van der Waals surface area (Å²) >= 11 is 3.38. The molecule has 1 saturated heterocycles. The lowest BCUT2D eigenvalue weighted by atomic mass is 10.1. The lowest BCUT2D eigenvalue weighted by Crippen LogP contribution is -2.33. The normalized spacial score (nSPS) is 18.1. The number of hydrogen-bond acceptors (Lipinski definition) is 2. The van der Waals surface area contributed by atoms with Crippen LogP contribution in [0.4, 0.5) is 5.69 Å². The summed E-state index contributed by atoms with van der Waals surface area (Å²) in [6.45, 7) is 3.31. The maximum atomic E-state index is 12.1. The summed E-state index contributed by atoms with van der Waals surface area (Å²) in [4.78, 5) is 25.9. The Hall–Kier alpha value is -1.36. The number of hydrogen-bond donors (Lipinski definition) is 1. The number of benzene rings is 1. The first-order valence-corrected chi connectivity index (χ1v) is 8.24. The molecular formula is C16H21BrN2O2. The van der Waals surface area contributed by atoms with Crippen molar-refractivity contribution >= 4 is 33.4 Å². The van der Waals surface area contributed by atoms with Gasteiger partial charge in [0.1, 0.15) is 0 Å². The van der Waals surface area contributed by atoms with E-state index in [1.165, 1.54) is 0 Å². The van der Waals surface area contributed by atoms with Crippen LogP contribution < -0.4 is 10.2 Å². The van der Waals surface area contributed by atoms with Crippen molar-refractivity contribution in [2.75, 3.05) is 18.0 Å². The van der Waals surface area contributed by atoms with E-state index >= 15 is 0 Å². The number of halogens is 1. The molecular weight excluding hydrogens is 332 g/mol. The van der Waals surface area contributed by atoms with Gasteiger partial charge in [-0.05, 0) is 30.7 Å². The van der Waals surface area contributed by atoms with Crippen molar-refractivity contribution in [2.24, 2.45) is 5.92 Å². The average Bonchev–Trinajstić information content (AvgIpc) is 2.86. The van der Waals surface area contributed by atoms with Crippen LogP contribution in [0, 0.1) is 5.92 Å². The molecule has 1 fully saturated rings. The summed E-state index contributed by atoms with van der Waals surface area (Å²) in [5, 5.41) is 2.94. The van der Waals surface area contributed by atoms with Gasteiger partial charge in [0.15, 0.2) is 0 Å². The minimum atomic E-state index is -0.234. The highest BCUT2D eigenvalue weighted by molar-refractivity contribution is 9.10. The molecule has 2 rings (SSSR count). The molecule has 1 aromatic rings. The zero-order chi connectivity index (χ0) is 15.2. The van der Waals surface area contributed by atoms with Crippen LogP contribution in [0.2, 0.25) is 0 Å². The molecule has 1 unspecified atom stereocenters. The number of nitrogens with zero attached hydrogens (tertiary/aromatic N) is 1. The van der Waals surface area contributed by atoms with Crippen molar-refractivity contribution in [1.29, 1.82) is 0 Å². The molecule has 0 aliphatic carbocycles. The predicted octanol–water partition coefficient (Wildman–Crippen LogP) is 3.11. The van der Waals surface area contributed by atoms with Gasteiger partial charge < -0.3 is 10.2 Å². The summed E-state index contributed by atoms with van der Waals surface area (Å²) in [5.41, 5.74) is 0.851. The minimum absolute atomic E-state index is 0.000866. The fraction of sp³-hybridized carbons (Fsp3) is 0.500. The SMILES string of the molecule is CCCCCNC(=O)C1CC(=O)N(c2ccc(Br)cc2)C1. The summed E-state index contributed by atoms with van der Waals surface area (Å²) in [6.07, 6.45) is 3.55. The van der Waals surface area contributed by atoms with Gasteiger partial charge >= 0.3 is 0 Å². The monoisotopic (exact) mass is 352 g/mol. The predicted molar refractivity (Wildman–Crippen MR) is 87.1 cm³/mol. The minimum Gasteiger partial charge on any atom is -0.356 e. The number of carbonyl (C=O) groups is 2. The third-order valence-corrected chi connectivity index (χ3v) is 4.24. The highest BCUT2D eigenvalue weighted by Crippen LogP contribution is 2.26. The van der Waals surface area contributed by atoms with E-state index in [0.29, 0.717) is 19.5 Å². The highest BCUT2D eigenvalue weighted by Gasteiger charge is 2.34. The lowest BCUT2D eigenvalue weighted by Gasteiger charge is -2.16. The van der Waals surface area contributed by atoms with Crippen molar-refractivity contribution in [2.45, 2.75) is 32.6 Å². The molecule has 114 valence electrons. The Morgan fingerprint density at radius 2 is 2.05 bits per heavy atom. The molecule has 1 N–H and O–H groups in total. The van der Waals surface area contributed by atoms with E-state index in [0.717, 1.165) is 29.4 Å². The quantitative estimate of drug-likeness (QED) is 0.799. The Balaban J connectivity index is 1.90. The summed E-state index contributed by atoms with van der Waals surface area (Å²) in [6, 6.07) is 7.59. The average molecular weight is 353 g/mol. The molecule has 5 heteroatoms. The maximum absolute atomic E-state index is 12.1. The Morgan fingerprint density at radius 1 is 1.33 bits per heavy atom. The molecule has 2 amide bonds. The van der Waals surface area contributed by atoms with Crippen molar-refractivity contribution in [1.82, 2.24) is 5.32 Å². The molecule has 0 spiro atoms. The number of amides is 2. The van der Waals surface area contributed by atoms with Crippen LogP contribution in [0.3, 0.4) is 0 Å². The van der Waals surface area contributed by atoms with Gasteiger partial charge in [-0.25, -0.2) is 0 Å². The molecule has 1 aliphatic heterocycles. The highest BCUT2D eigenvalue weighted by atomic mass is 79.9. The van der Waals surface area contributed by atoms with E-state index in [1.807, 2.05) is 24.3 Å². The van der Waals surface area contributed by atoms with E-state index < -0.39 is 0 Å². The number of anilines is 1. The molecule has 0 saturated carbocycles. The van der Waals surface area contributed by atoms with E-state index in [2.05, 4.69) is 28.2 Å². The second-order valence-electron chi connectivity index (χ2n) is 5.38. The van der Waals surface area contributed by atoms with Crippen molar-refractivity contribution in [3.63, 3.8) is 0 Å². The maximum Gasteiger partial charge on any atom is 0.227 e. The molecule has 0 bridgehead atoms. The van der Waals surface area contributed by atoms with Crippen molar-refractivity contribution in [3.05, 3.63) is 28.7 Å². The first-order chi connectivity index (χ1) is 10.1. The molecule has 1 aromatic carbocycles. The molecule has 1 atom stereocenters. The molecule has 1 aliphatic rings. The van der Waals surface area contributed by atoms with E-state index in [9.17, 15) is 9.59 Å². The van der Waals surface area contributed by atoms with E-state index in [4.69, 9.17) is 0 Å². The van der Waals surface area contributed by atoms with Crippen LogP contribution in [0.15, 0.2) is 28.7 Å². The second-order valence-corrected chi connectivity index (χ2v) is 6.30. The standard InChI is InChI=1S/C16H21BrN2O2/c1-2-3-4-9-18-16(21)12-10-15(20)19(11-12)14-7-5-13(17)6-8-14/h5-8,12H,2-4,9-11H2,1H3,(H,18,21). The van der Waals surface area contributed by atoms with Crippen LogP contribution >= 0.6 is 15.9 Å². The van der Waals surface area contributed by atoms with Gasteiger partial charge in [-0.2, -0.15) is 0 Å². The molecule has 4 nitrogen and oxygen atoms in total. The van der Waals surface area contributed by atoms with Crippen LogP contribution in [-0.4, -0.2) is 24.9 Å². The fourth-order valence-corrected chi connectivity index (χ4v) is 2.75. The summed E-state index contributed by atoms with van der Waals surface area (Å²) in [7, 11) is 0. The van der Waals surface area contributed by atoms with E-state index in [1.54, 1.807) is 4.90 Å². The fourth-order valence-electron chi connectivity index (χ4n) is 2.48. The Bertz CT molecular complexity index is 502. The molecule has 0 aromatic heterocycles. The zero-order valence-electron chi connectivity index (χ0n) is 12.3. The first kappa shape index (κ1) is 16.0. The number of nitrogens with one attached hydrogen (secondary N) is 1. The Labute approximate surface area is 134 Å². The molecule has 0 radical (unpaired) electrons. The van der Waals surface area contributed by atoms with Gasteiger partial charge in [0.25, 0.3) is 0 Å². The zero-order valence-corrected chi connectivity index (χ0v) is 13.9. The summed E-state index contributed by atoms with van der Waals surface area (Å²) in [5.74, 6) is -0.215. The van der Waals surface area contributed by atoms with Gasteiger partial charge in [-0.15, -0.1) is 0 Å². The van der Waals surface area contributed by atoms with Gasteiger partial charge in [-0.3, -0.25) is 9.59 Å². The van der Waals surface area contributed by atoms with Gasteiger partial charge in [0, 0.05) is 29.7 Å².